The first-order valence-corrected chi connectivity index (χ1v) is 9.82. The van der Waals surface area contributed by atoms with Gasteiger partial charge in [-0.15, -0.1) is 11.3 Å². The zero-order valence-electron chi connectivity index (χ0n) is 13.6. The van der Waals surface area contributed by atoms with E-state index in [0.29, 0.717) is 0 Å². The fourth-order valence-corrected chi connectivity index (χ4v) is 7.04. The molecule has 116 valence electrons. The van der Waals surface area contributed by atoms with Gasteiger partial charge in [0, 0.05) is 34.6 Å². The molecule has 2 heteroatoms. The summed E-state index contributed by atoms with van der Waals surface area (Å²) in [6, 6.07) is 7.92. The molecule has 1 aliphatic carbocycles. The van der Waals surface area contributed by atoms with Gasteiger partial charge in [0.2, 0.25) is 0 Å². The minimum absolute atomic E-state index is 0.827. The molecule has 1 aromatic heterocycles. The lowest BCUT2D eigenvalue weighted by atomic mass is 9.66. The van der Waals surface area contributed by atoms with Crippen LogP contribution < -0.4 is 0 Å². The van der Waals surface area contributed by atoms with E-state index in [-0.39, 0.29) is 0 Å². The highest BCUT2D eigenvalue weighted by molar-refractivity contribution is 7.19. The lowest BCUT2D eigenvalue weighted by molar-refractivity contribution is -0.0118. The molecule has 4 heterocycles. The number of rotatable bonds is 1. The summed E-state index contributed by atoms with van der Waals surface area (Å²) in [5.74, 6) is 2.72. The minimum Gasteiger partial charge on any atom is -0.299 e. The molecule has 0 radical (unpaired) electrons. The Bertz CT molecular complexity index is 731. The van der Waals surface area contributed by atoms with Crippen LogP contribution in [0.25, 0.3) is 10.1 Å². The Morgan fingerprint density at radius 3 is 3.05 bits per heavy atom. The number of benzene rings is 1. The highest BCUT2D eigenvalue weighted by atomic mass is 32.1. The van der Waals surface area contributed by atoms with Crippen molar-refractivity contribution in [3.8, 4) is 0 Å². The Labute approximate surface area is 137 Å². The zero-order chi connectivity index (χ0) is 14.8. The van der Waals surface area contributed by atoms with Crippen LogP contribution >= 0.6 is 11.3 Å². The summed E-state index contributed by atoms with van der Waals surface area (Å²) in [6.45, 7) is 7.31. The van der Waals surface area contributed by atoms with Gasteiger partial charge in [-0.2, -0.15) is 0 Å². The maximum absolute atomic E-state index is 2.87. The molecule has 1 nitrogen and oxygen atoms in total. The first-order valence-electron chi connectivity index (χ1n) is 9.00. The average Bonchev–Trinajstić information content (AvgIpc) is 2.85. The third kappa shape index (κ3) is 1.80. The zero-order valence-corrected chi connectivity index (χ0v) is 14.5. The van der Waals surface area contributed by atoms with Crippen molar-refractivity contribution < 1.29 is 0 Å². The van der Waals surface area contributed by atoms with Gasteiger partial charge < -0.3 is 0 Å². The van der Waals surface area contributed by atoms with E-state index in [2.05, 4.69) is 48.3 Å². The van der Waals surface area contributed by atoms with Crippen LogP contribution in [0.3, 0.4) is 0 Å². The van der Waals surface area contributed by atoms with Crippen molar-refractivity contribution in [2.24, 2.45) is 11.8 Å². The first kappa shape index (κ1) is 13.6. The van der Waals surface area contributed by atoms with Crippen LogP contribution in [0.1, 0.15) is 48.1 Å². The van der Waals surface area contributed by atoms with Crippen molar-refractivity contribution in [2.45, 2.75) is 51.5 Å². The predicted molar refractivity (Wildman–Crippen MR) is 94.9 cm³/mol. The number of nitrogens with zero attached hydrogens (tertiary/aromatic N) is 1. The fourth-order valence-electron chi connectivity index (χ4n) is 5.65. The van der Waals surface area contributed by atoms with Gasteiger partial charge in [-0.3, -0.25) is 4.90 Å². The monoisotopic (exact) mass is 311 g/mol. The molecule has 1 saturated carbocycles. The maximum Gasteiger partial charge on any atom is 0.0348 e. The Kier molecular flexibility index (Phi) is 2.97. The molecular weight excluding hydrogens is 286 g/mol. The van der Waals surface area contributed by atoms with E-state index in [9.17, 15) is 0 Å². The van der Waals surface area contributed by atoms with E-state index in [1.54, 1.807) is 15.8 Å². The van der Waals surface area contributed by atoms with Crippen LogP contribution in [-0.2, 0) is 6.42 Å². The third-order valence-electron chi connectivity index (χ3n) is 6.52. The summed E-state index contributed by atoms with van der Waals surface area (Å²) in [4.78, 5) is 4.63. The summed E-state index contributed by atoms with van der Waals surface area (Å²) in [5, 5.41) is 1.57. The Hall–Kier alpha value is -0.860. The smallest absolute Gasteiger partial charge is 0.0348 e. The van der Waals surface area contributed by atoms with Crippen molar-refractivity contribution in [3.63, 3.8) is 0 Å². The molecule has 3 aliphatic heterocycles. The maximum atomic E-state index is 2.87. The average molecular weight is 311 g/mol. The first-order chi connectivity index (χ1) is 10.7. The highest BCUT2D eigenvalue weighted by Crippen LogP contribution is 2.53. The second-order valence-electron chi connectivity index (χ2n) is 7.79. The molecule has 4 aliphatic rings. The van der Waals surface area contributed by atoms with Crippen LogP contribution in [0.2, 0.25) is 0 Å². The van der Waals surface area contributed by atoms with Gasteiger partial charge in [0.05, 0.1) is 0 Å². The quantitative estimate of drug-likeness (QED) is 0.718. The Morgan fingerprint density at radius 1 is 1.27 bits per heavy atom. The number of hydrogen-bond donors (Lipinski definition) is 0. The second kappa shape index (κ2) is 4.82. The number of aryl methyl sites for hydroxylation is 1. The predicted octanol–water partition coefficient (Wildman–Crippen LogP) is 4.97. The minimum atomic E-state index is 0.827. The molecule has 4 bridgehead atoms. The molecule has 0 N–H and O–H groups in total. The summed E-state index contributed by atoms with van der Waals surface area (Å²) in [5.41, 5.74) is 3.12. The Morgan fingerprint density at radius 2 is 2.18 bits per heavy atom. The lowest BCUT2D eigenvalue weighted by Crippen LogP contribution is -2.55. The van der Waals surface area contributed by atoms with Gasteiger partial charge in [-0.25, -0.2) is 0 Å². The number of thiophene rings is 1. The SMILES string of the molecule is CCC1CC2CC3c4sc5ccc(C)cc5c4CCN(C2)C13. The molecule has 5 unspecified atom stereocenters. The topological polar surface area (TPSA) is 3.24 Å². The van der Waals surface area contributed by atoms with Gasteiger partial charge in [-0.05, 0) is 55.0 Å². The van der Waals surface area contributed by atoms with Crippen molar-refractivity contribution in [1.82, 2.24) is 4.90 Å². The molecule has 2 saturated heterocycles. The van der Waals surface area contributed by atoms with Gasteiger partial charge in [0.25, 0.3) is 0 Å². The van der Waals surface area contributed by atoms with E-state index in [1.165, 1.54) is 49.0 Å². The summed E-state index contributed by atoms with van der Waals surface area (Å²) >= 11 is 2.12. The number of fused-ring (bicyclic) bond motifs is 4. The van der Waals surface area contributed by atoms with Crippen molar-refractivity contribution in [3.05, 3.63) is 34.2 Å². The third-order valence-corrected chi connectivity index (χ3v) is 7.87. The number of piperidine rings is 2. The Balaban J connectivity index is 1.69. The van der Waals surface area contributed by atoms with E-state index < -0.39 is 0 Å². The lowest BCUT2D eigenvalue weighted by Gasteiger charge is -2.53. The molecule has 0 spiro atoms. The molecule has 5 atom stereocenters. The van der Waals surface area contributed by atoms with Crippen molar-refractivity contribution in [2.75, 3.05) is 13.1 Å². The second-order valence-corrected chi connectivity index (χ2v) is 8.88. The highest BCUT2D eigenvalue weighted by Gasteiger charge is 2.48. The molecule has 0 amide bonds. The van der Waals surface area contributed by atoms with Gasteiger partial charge in [-0.1, -0.05) is 31.0 Å². The van der Waals surface area contributed by atoms with E-state index in [4.69, 9.17) is 0 Å². The molecule has 2 aromatic rings. The van der Waals surface area contributed by atoms with Crippen molar-refractivity contribution in [1.29, 1.82) is 0 Å². The molecule has 22 heavy (non-hydrogen) atoms. The largest absolute Gasteiger partial charge is 0.299 e. The van der Waals surface area contributed by atoms with Gasteiger partial charge in [0.1, 0.15) is 0 Å². The molecule has 1 aromatic carbocycles. The van der Waals surface area contributed by atoms with E-state index >= 15 is 0 Å². The standard InChI is InChI=1S/C20H25NS/c1-3-14-9-13-10-17-19(14)21(11-13)7-6-15-16-8-12(2)4-5-18(16)22-20(15)17/h4-5,8,13-14,17,19H,3,6-7,9-11H2,1-2H3. The number of hydrogen-bond acceptors (Lipinski definition) is 2. The summed E-state index contributed by atoms with van der Waals surface area (Å²) in [6.07, 6.45) is 5.59. The van der Waals surface area contributed by atoms with Crippen molar-refractivity contribution >= 4 is 21.4 Å². The summed E-state index contributed by atoms with van der Waals surface area (Å²) in [7, 11) is 0. The molecule has 3 fully saturated rings. The van der Waals surface area contributed by atoms with Crippen LogP contribution in [0.5, 0.6) is 0 Å². The van der Waals surface area contributed by atoms with Gasteiger partial charge in [0.15, 0.2) is 0 Å². The van der Waals surface area contributed by atoms with E-state index in [1.807, 2.05) is 0 Å². The molecule has 6 rings (SSSR count). The van der Waals surface area contributed by atoms with E-state index in [0.717, 1.165) is 23.8 Å². The van der Waals surface area contributed by atoms with Gasteiger partial charge >= 0.3 is 0 Å². The molecular formula is C20H25NS. The summed E-state index contributed by atoms with van der Waals surface area (Å²) < 4.78 is 1.53. The van der Waals surface area contributed by atoms with Crippen LogP contribution in [0, 0.1) is 18.8 Å². The fraction of sp³-hybridized carbons (Fsp3) is 0.600. The normalized spacial score (nSPS) is 36.4. The van der Waals surface area contributed by atoms with Crippen LogP contribution in [0.4, 0.5) is 0 Å². The van der Waals surface area contributed by atoms with Crippen LogP contribution in [0.15, 0.2) is 18.2 Å². The van der Waals surface area contributed by atoms with Crippen LogP contribution in [-0.4, -0.2) is 24.0 Å².